The number of aryl methyl sites for hydroxylation is 2. The van der Waals surface area contributed by atoms with Crippen molar-refractivity contribution in [3.63, 3.8) is 0 Å². The molecule has 3 rings (SSSR count). The number of carbonyl (C=O) groups excluding carboxylic acids is 1. The molecule has 2 N–H and O–H groups in total. The van der Waals surface area contributed by atoms with Crippen molar-refractivity contribution in [2.24, 2.45) is 5.73 Å². The molecule has 0 aliphatic carbocycles. The topological polar surface area (TPSA) is 46.3 Å². The minimum Gasteiger partial charge on any atom is -0.316 e. The second kappa shape index (κ2) is 8.81. The molecule has 0 spiro atoms. The third kappa shape index (κ3) is 4.65. The lowest BCUT2D eigenvalue weighted by atomic mass is 10.0. The number of amides is 1. The van der Waals surface area contributed by atoms with Crippen LogP contribution in [0.25, 0.3) is 0 Å². The molecule has 28 heavy (non-hydrogen) atoms. The molecule has 0 radical (unpaired) electrons. The Hall–Kier alpha value is -2.98. The highest BCUT2D eigenvalue weighted by molar-refractivity contribution is 5.97. The zero-order chi connectivity index (χ0) is 20.1. The second-order valence-electron chi connectivity index (χ2n) is 7.03. The van der Waals surface area contributed by atoms with E-state index in [9.17, 15) is 9.18 Å². The maximum Gasteiger partial charge on any atom is 0.248 e. The largest absolute Gasteiger partial charge is 0.316 e. The van der Waals surface area contributed by atoms with Gasteiger partial charge in [-0.3, -0.25) is 4.79 Å². The molecule has 144 valence electrons. The molecule has 3 aromatic rings. The van der Waals surface area contributed by atoms with Gasteiger partial charge in [0.2, 0.25) is 5.91 Å². The monoisotopic (exact) mass is 376 g/mol. The molecule has 0 aromatic heterocycles. The molecule has 0 heterocycles. The fourth-order valence-corrected chi connectivity index (χ4v) is 3.16. The van der Waals surface area contributed by atoms with Crippen LogP contribution in [0.3, 0.4) is 0 Å². The maximum atomic E-state index is 13.5. The first-order valence-corrected chi connectivity index (χ1v) is 9.39. The number of carbonyl (C=O) groups is 1. The SMILES string of the molecule is Cc1ccc(N(CCc2cccc(F)c2)C(=O)[C@@H](N)c2ccccc2)cc1C. The van der Waals surface area contributed by atoms with Gasteiger partial charge in [-0.2, -0.15) is 0 Å². The summed E-state index contributed by atoms with van der Waals surface area (Å²) < 4.78 is 13.5. The van der Waals surface area contributed by atoms with Crippen LogP contribution in [0.2, 0.25) is 0 Å². The van der Waals surface area contributed by atoms with E-state index in [1.165, 1.54) is 12.1 Å². The summed E-state index contributed by atoms with van der Waals surface area (Å²) in [5.41, 5.74) is 11.0. The molecule has 0 aliphatic rings. The standard InChI is InChI=1S/C24H25FN2O/c1-17-11-12-22(15-18(17)2)27(14-13-19-7-6-10-21(25)16-19)24(28)23(26)20-8-4-3-5-9-20/h3-12,15-16,23H,13-14,26H2,1-2H3/t23-/m0/s1. The lowest BCUT2D eigenvalue weighted by Gasteiger charge is -2.27. The zero-order valence-electron chi connectivity index (χ0n) is 16.2. The summed E-state index contributed by atoms with van der Waals surface area (Å²) in [7, 11) is 0. The molecule has 3 aromatic carbocycles. The van der Waals surface area contributed by atoms with E-state index in [4.69, 9.17) is 5.73 Å². The summed E-state index contributed by atoms with van der Waals surface area (Å²) >= 11 is 0. The molecule has 0 fully saturated rings. The highest BCUT2D eigenvalue weighted by Crippen LogP contribution is 2.23. The number of hydrogen-bond donors (Lipinski definition) is 1. The van der Waals surface area contributed by atoms with Crippen molar-refractivity contribution in [3.8, 4) is 0 Å². The molecule has 0 bridgehead atoms. The number of benzene rings is 3. The fourth-order valence-electron chi connectivity index (χ4n) is 3.16. The summed E-state index contributed by atoms with van der Waals surface area (Å²) in [6.45, 7) is 4.48. The average molecular weight is 376 g/mol. The van der Waals surface area contributed by atoms with Crippen LogP contribution in [0.1, 0.15) is 28.3 Å². The number of nitrogens with zero attached hydrogens (tertiary/aromatic N) is 1. The third-order valence-corrected chi connectivity index (χ3v) is 5.01. The van der Waals surface area contributed by atoms with Crippen LogP contribution in [0, 0.1) is 19.7 Å². The van der Waals surface area contributed by atoms with Crippen LogP contribution < -0.4 is 10.6 Å². The summed E-state index contributed by atoms with van der Waals surface area (Å²) in [6.07, 6.45) is 0.540. The first-order chi connectivity index (χ1) is 13.5. The van der Waals surface area contributed by atoms with E-state index in [1.54, 1.807) is 11.0 Å². The van der Waals surface area contributed by atoms with Crippen LogP contribution >= 0.6 is 0 Å². The van der Waals surface area contributed by atoms with Gasteiger partial charge in [0.05, 0.1) is 0 Å². The molecular weight excluding hydrogens is 351 g/mol. The normalized spacial score (nSPS) is 11.9. The fraction of sp³-hybridized carbons (Fsp3) is 0.208. The van der Waals surface area contributed by atoms with Gasteiger partial charge in [0.25, 0.3) is 0 Å². The molecule has 0 unspecified atom stereocenters. The number of halogens is 1. The van der Waals surface area contributed by atoms with Gasteiger partial charge in [-0.25, -0.2) is 4.39 Å². The third-order valence-electron chi connectivity index (χ3n) is 5.01. The summed E-state index contributed by atoms with van der Waals surface area (Å²) in [5.74, 6) is -0.451. The van der Waals surface area contributed by atoms with Crippen LogP contribution in [-0.4, -0.2) is 12.5 Å². The Bertz CT molecular complexity index is 956. The Labute approximate surface area is 165 Å². The molecular formula is C24H25FN2O. The number of rotatable bonds is 6. The molecule has 0 saturated carbocycles. The number of anilines is 1. The quantitative estimate of drug-likeness (QED) is 0.677. The van der Waals surface area contributed by atoms with Gasteiger partial charge in [0.1, 0.15) is 11.9 Å². The van der Waals surface area contributed by atoms with E-state index >= 15 is 0 Å². The Morgan fingerprint density at radius 2 is 1.71 bits per heavy atom. The second-order valence-corrected chi connectivity index (χ2v) is 7.03. The van der Waals surface area contributed by atoms with Crippen LogP contribution in [0.4, 0.5) is 10.1 Å². The molecule has 1 atom stereocenters. The van der Waals surface area contributed by atoms with E-state index in [2.05, 4.69) is 0 Å². The Balaban J connectivity index is 1.89. The Kier molecular flexibility index (Phi) is 6.22. The lowest BCUT2D eigenvalue weighted by Crippen LogP contribution is -2.40. The summed E-state index contributed by atoms with van der Waals surface area (Å²) in [4.78, 5) is 15.0. The Morgan fingerprint density at radius 3 is 2.39 bits per heavy atom. The highest BCUT2D eigenvalue weighted by Gasteiger charge is 2.24. The predicted octanol–water partition coefficient (Wildman–Crippen LogP) is 4.72. The van der Waals surface area contributed by atoms with E-state index in [0.717, 1.165) is 27.9 Å². The van der Waals surface area contributed by atoms with Gasteiger partial charge < -0.3 is 10.6 Å². The van der Waals surface area contributed by atoms with Crippen molar-refractivity contribution in [1.82, 2.24) is 0 Å². The molecule has 0 aliphatic heterocycles. The molecule has 4 heteroatoms. The minimum absolute atomic E-state index is 0.175. The summed E-state index contributed by atoms with van der Waals surface area (Å²) in [6, 6.07) is 21.0. The van der Waals surface area contributed by atoms with Crippen LogP contribution in [0.15, 0.2) is 72.8 Å². The van der Waals surface area contributed by atoms with Gasteiger partial charge in [-0.1, -0.05) is 48.5 Å². The number of nitrogens with two attached hydrogens (primary N) is 1. The summed E-state index contributed by atoms with van der Waals surface area (Å²) in [5, 5.41) is 0. The van der Waals surface area contributed by atoms with Gasteiger partial charge in [0, 0.05) is 12.2 Å². The first-order valence-electron chi connectivity index (χ1n) is 9.39. The van der Waals surface area contributed by atoms with Gasteiger partial charge in [0.15, 0.2) is 0 Å². The van der Waals surface area contributed by atoms with E-state index in [0.29, 0.717) is 13.0 Å². The van der Waals surface area contributed by atoms with Crippen molar-refractivity contribution in [3.05, 3.63) is 101 Å². The van der Waals surface area contributed by atoms with Crippen molar-refractivity contribution in [1.29, 1.82) is 0 Å². The minimum atomic E-state index is -0.754. The van der Waals surface area contributed by atoms with E-state index in [1.807, 2.05) is 68.4 Å². The van der Waals surface area contributed by atoms with Crippen molar-refractivity contribution in [2.75, 3.05) is 11.4 Å². The van der Waals surface area contributed by atoms with E-state index < -0.39 is 6.04 Å². The smallest absolute Gasteiger partial charge is 0.248 e. The number of hydrogen-bond acceptors (Lipinski definition) is 2. The molecule has 0 saturated heterocycles. The zero-order valence-corrected chi connectivity index (χ0v) is 16.2. The first kappa shape index (κ1) is 19.8. The highest BCUT2D eigenvalue weighted by atomic mass is 19.1. The molecule has 1 amide bonds. The van der Waals surface area contributed by atoms with Crippen LogP contribution in [0.5, 0.6) is 0 Å². The van der Waals surface area contributed by atoms with Gasteiger partial charge in [-0.15, -0.1) is 0 Å². The van der Waals surface area contributed by atoms with Gasteiger partial charge >= 0.3 is 0 Å². The van der Waals surface area contributed by atoms with Gasteiger partial charge in [-0.05, 0) is 66.8 Å². The Morgan fingerprint density at radius 1 is 0.964 bits per heavy atom. The van der Waals surface area contributed by atoms with Crippen molar-refractivity contribution in [2.45, 2.75) is 26.3 Å². The van der Waals surface area contributed by atoms with Crippen molar-refractivity contribution >= 4 is 11.6 Å². The maximum absolute atomic E-state index is 13.5. The predicted molar refractivity (Wildman–Crippen MR) is 112 cm³/mol. The van der Waals surface area contributed by atoms with Crippen LogP contribution in [-0.2, 0) is 11.2 Å². The lowest BCUT2D eigenvalue weighted by molar-refractivity contribution is -0.120. The molecule has 3 nitrogen and oxygen atoms in total. The average Bonchev–Trinajstić information content (AvgIpc) is 2.70. The van der Waals surface area contributed by atoms with Crippen molar-refractivity contribution < 1.29 is 9.18 Å². The van der Waals surface area contributed by atoms with E-state index in [-0.39, 0.29) is 11.7 Å².